The van der Waals surface area contributed by atoms with Crippen molar-refractivity contribution in [2.75, 3.05) is 6.54 Å². The van der Waals surface area contributed by atoms with Gasteiger partial charge in [-0.15, -0.1) is 0 Å². The van der Waals surface area contributed by atoms with Crippen LogP contribution in [0.3, 0.4) is 0 Å². The molecule has 1 aliphatic carbocycles. The SMILES string of the molecule is O=C(NC1CC(=O)N(Cc2cccc(F)c2)C1)C1CC1. The monoisotopic (exact) mass is 276 g/mol. The van der Waals surface area contributed by atoms with E-state index in [-0.39, 0.29) is 29.6 Å². The molecule has 0 spiro atoms. The topological polar surface area (TPSA) is 49.4 Å². The van der Waals surface area contributed by atoms with Crippen LogP contribution in [0.5, 0.6) is 0 Å². The third kappa shape index (κ3) is 2.98. The molecule has 1 N–H and O–H groups in total. The van der Waals surface area contributed by atoms with Crippen LogP contribution in [0.2, 0.25) is 0 Å². The summed E-state index contributed by atoms with van der Waals surface area (Å²) < 4.78 is 13.1. The quantitative estimate of drug-likeness (QED) is 0.905. The summed E-state index contributed by atoms with van der Waals surface area (Å²) in [5.41, 5.74) is 0.771. The third-order valence-corrected chi connectivity index (χ3v) is 3.77. The predicted octanol–water partition coefficient (Wildman–Crippen LogP) is 1.45. The number of hydrogen-bond donors (Lipinski definition) is 1. The van der Waals surface area contributed by atoms with Crippen molar-refractivity contribution in [1.82, 2.24) is 10.2 Å². The lowest BCUT2D eigenvalue weighted by Gasteiger charge is -2.17. The Kier molecular flexibility index (Phi) is 3.42. The van der Waals surface area contributed by atoms with Gasteiger partial charge in [-0.05, 0) is 30.5 Å². The molecule has 0 bridgehead atoms. The van der Waals surface area contributed by atoms with Crippen LogP contribution in [-0.2, 0) is 16.1 Å². The van der Waals surface area contributed by atoms with E-state index < -0.39 is 0 Å². The van der Waals surface area contributed by atoms with Crippen LogP contribution in [0.15, 0.2) is 24.3 Å². The van der Waals surface area contributed by atoms with Crippen molar-refractivity contribution in [2.24, 2.45) is 5.92 Å². The average molecular weight is 276 g/mol. The number of rotatable bonds is 4. The largest absolute Gasteiger partial charge is 0.351 e. The van der Waals surface area contributed by atoms with Crippen molar-refractivity contribution in [3.05, 3.63) is 35.6 Å². The van der Waals surface area contributed by atoms with Crippen LogP contribution in [0.25, 0.3) is 0 Å². The molecule has 3 rings (SSSR count). The van der Waals surface area contributed by atoms with Gasteiger partial charge in [-0.25, -0.2) is 4.39 Å². The first-order valence-electron chi connectivity index (χ1n) is 6.94. The van der Waals surface area contributed by atoms with Crippen molar-refractivity contribution in [3.63, 3.8) is 0 Å². The number of nitrogens with zero attached hydrogens (tertiary/aromatic N) is 1. The maximum Gasteiger partial charge on any atom is 0.225 e. The minimum atomic E-state index is -0.298. The Morgan fingerprint density at radius 2 is 2.20 bits per heavy atom. The van der Waals surface area contributed by atoms with Crippen LogP contribution in [-0.4, -0.2) is 29.3 Å². The van der Waals surface area contributed by atoms with Gasteiger partial charge in [0.1, 0.15) is 5.82 Å². The van der Waals surface area contributed by atoms with Crippen LogP contribution in [0.1, 0.15) is 24.8 Å². The van der Waals surface area contributed by atoms with Crippen molar-refractivity contribution >= 4 is 11.8 Å². The Bertz CT molecular complexity index is 542. The van der Waals surface area contributed by atoms with E-state index in [1.807, 2.05) is 0 Å². The summed E-state index contributed by atoms with van der Waals surface area (Å²) in [6.45, 7) is 0.903. The minimum Gasteiger partial charge on any atom is -0.351 e. The second kappa shape index (κ2) is 5.23. The highest BCUT2D eigenvalue weighted by molar-refractivity contribution is 5.84. The molecule has 1 unspecified atom stereocenters. The van der Waals surface area contributed by atoms with Gasteiger partial charge < -0.3 is 10.2 Å². The fraction of sp³-hybridized carbons (Fsp3) is 0.467. The zero-order valence-electron chi connectivity index (χ0n) is 11.1. The van der Waals surface area contributed by atoms with E-state index in [9.17, 15) is 14.0 Å². The zero-order chi connectivity index (χ0) is 14.1. The summed E-state index contributed by atoms with van der Waals surface area (Å²) in [4.78, 5) is 25.3. The van der Waals surface area contributed by atoms with E-state index in [1.165, 1.54) is 12.1 Å². The smallest absolute Gasteiger partial charge is 0.225 e. The molecule has 106 valence electrons. The van der Waals surface area contributed by atoms with Gasteiger partial charge in [0.15, 0.2) is 0 Å². The highest BCUT2D eigenvalue weighted by Crippen LogP contribution is 2.29. The maximum absolute atomic E-state index is 13.1. The normalized spacial score (nSPS) is 22.1. The van der Waals surface area contributed by atoms with Crippen molar-refractivity contribution < 1.29 is 14.0 Å². The number of benzene rings is 1. The lowest BCUT2D eigenvalue weighted by atomic mass is 10.2. The second-order valence-electron chi connectivity index (χ2n) is 5.59. The fourth-order valence-corrected chi connectivity index (χ4v) is 2.54. The van der Waals surface area contributed by atoms with Crippen LogP contribution >= 0.6 is 0 Å². The molecule has 0 radical (unpaired) electrons. The first kappa shape index (κ1) is 13.1. The number of halogens is 1. The van der Waals surface area contributed by atoms with Crippen LogP contribution < -0.4 is 5.32 Å². The molecule has 1 heterocycles. The highest BCUT2D eigenvalue weighted by Gasteiger charge is 2.35. The summed E-state index contributed by atoms with van der Waals surface area (Å²) in [6, 6.07) is 6.14. The van der Waals surface area contributed by atoms with Crippen molar-refractivity contribution in [1.29, 1.82) is 0 Å². The molecular formula is C15H17FN2O2. The molecule has 1 saturated carbocycles. The van der Waals surface area contributed by atoms with Crippen LogP contribution in [0, 0.1) is 11.7 Å². The van der Waals surface area contributed by atoms with E-state index in [4.69, 9.17) is 0 Å². The molecule has 5 heteroatoms. The van der Waals surface area contributed by atoms with Gasteiger partial charge in [0.25, 0.3) is 0 Å². The van der Waals surface area contributed by atoms with Gasteiger partial charge in [0.05, 0.1) is 6.04 Å². The Hall–Kier alpha value is -1.91. The van der Waals surface area contributed by atoms with E-state index in [0.717, 1.165) is 18.4 Å². The standard InChI is InChI=1S/C15H17FN2O2/c16-12-3-1-2-10(6-12)8-18-9-13(7-14(18)19)17-15(20)11-4-5-11/h1-3,6,11,13H,4-5,7-9H2,(H,17,20). The lowest BCUT2D eigenvalue weighted by molar-refractivity contribution is -0.128. The maximum atomic E-state index is 13.1. The second-order valence-corrected chi connectivity index (χ2v) is 5.59. The number of amides is 2. The predicted molar refractivity (Wildman–Crippen MR) is 71.1 cm³/mol. The highest BCUT2D eigenvalue weighted by atomic mass is 19.1. The molecule has 2 fully saturated rings. The zero-order valence-corrected chi connectivity index (χ0v) is 11.1. The number of carbonyl (C=O) groups excluding carboxylic acids is 2. The lowest BCUT2D eigenvalue weighted by Crippen LogP contribution is -2.37. The molecule has 2 amide bonds. The minimum absolute atomic E-state index is 0.00959. The van der Waals surface area contributed by atoms with Gasteiger partial charge in [-0.1, -0.05) is 12.1 Å². The summed E-state index contributed by atoms with van der Waals surface area (Å²) in [7, 11) is 0. The third-order valence-electron chi connectivity index (χ3n) is 3.77. The van der Waals surface area contributed by atoms with Crippen molar-refractivity contribution in [3.8, 4) is 0 Å². The molecule has 0 aromatic heterocycles. The van der Waals surface area contributed by atoms with Gasteiger partial charge in [0, 0.05) is 25.4 Å². The van der Waals surface area contributed by atoms with E-state index in [2.05, 4.69) is 5.32 Å². The van der Waals surface area contributed by atoms with Crippen molar-refractivity contribution in [2.45, 2.75) is 31.8 Å². The summed E-state index contributed by atoms with van der Waals surface area (Å²) in [5, 5.41) is 2.92. The van der Waals surface area contributed by atoms with Gasteiger partial charge in [0.2, 0.25) is 11.8 Å². The molecule has 4 nitrogen and oxygen atoms in total. The molecule has 20 heavy (non-hydrogen) atoms. The number of nitrogens with one attached hydrogen (secondary N) is 1. The van der Waals surface area contributed by atoms with Gasteiger partial charge in [-0.2, -0.15) is 0 Å². The Morgan fingerprint density at radius 1 is 1.40 bits per heavy atom. The van der Waals surface area contributed by atoms with E-state index in [1.54, 1.807) is 17.0 Å². The molecule has 1 saturated heterocycles. The molecule has 1 aliphatic heterocycles. The van der Waals surface area contributed by atoms with E-state index >= 15 is 0 Å². The molecule has 1 aromatic rings. The summed E-state index contributed by atoms with van der Waals surface area (Å²) in [6.07, 6.45) is 2.26. The van der Waals surface area contributed by atoms with Crippen LogP contribution in [0.4, 0.5) is 4.39 Å². The number of carbonyl (C=O) groups is 2. The molecule has 1 aromatic carbocycles. The molecular weight excluding hydrogens is 259 g/mol. The summed E-state index contributed by atoms with van der Waals surface area (Å²) in [5.74, 6) is -0.0686. The van der Waals surface area contributed by atoms with Gasteiger partial charge in [-0.3, -0.25) is 9.59 Å². The molecule has 1 atom stereocenters. The Balaban J connectivity index is 1.57. The Morgan fingerprint density at radius 3 is 2.90 bits per heavy atom. The average Bonchev–Trinajstić information content (AvgIpc) is 3.17. The Labute approximate surface area is 117 Å². The first-order chi connectivity index (χ1) is 9.61. The fourth-order valence-electron chi connectivity index (χ4n) is 2.54. The first-order valence-corrected chi connectivity index (χ1v) is 6.94. The van der Waals surface area contributed by atoms with Gasteiger partial charge >= 0.3 is 0 Å². The summed E-state index contributed by atoms with van der Waals surface area (Å²) >= 11 is 0. The number of hydrogen-bond acceptors (Lipinski definition) is 2. The number of likely N-dealkylation sites (tertiary alicyclic amines) is 1. The van der Waals surface area contributed by atoms with E-state index in [0.29, 0.717) is 19.5 Å². The molecule has 2 aliphatic rings.